The van der Waals surface area contributed by atoms with Gasteiger partial charge in [-0.1, -0.05) is 6.42 Å². The molecule has 0 radical (unpaired) electrons. The Balaban J connectivity index is 1.64. The van der Waals surface area contributed by atoms with Gasteiger partial charge >= 0.3 is 6.09 Å². The number of hydrogen-bond donors (Lipinski definition) is 2. The quantitative estimate of drug-likeness (QED) is 0.841. The summed E-state index contributed by atoms with van der Waals surface area (Å²) in [7, 11) is 0. The SMILES string of the molecule is CC(C)(C)OC(=O)NC1CCC(NN2CCCCC2)CC1. The number of ether oxygens (including phenoxy) is 1. The zero-order valence-corrected chi connectivity index (χ0v) is 13.8. The molecule has 2 aliphatic rings. The third kappa shape index (κ3) is 6.22. The van der Waals surface area contributed by atoms with Crippen molar-refractivity contribution in [2.75, 3.05) is 13.1 Å². The van der Waals surface area contributed by atoms with Gasteiger partial charge in [0.2, 0.25) is 0 Å². The van der Waals surface area contributed by atoms with Crippen molar-refractivity contribution in [3.05, 3.63) is 0 Å². The number of hydrazine groups is 1. The first-order valence-electron chi connectivity index (χ1n) is 8.43. The second-order valence-corrected chi connectivity index (χ2v) is 7.37. The van der Waals surface area contributed by atoms with E-state index in [-0.39, 0.29) is 12.1 Å². The van der Waals surface area contributed by atoms with Crippen LogP contribution in [0.4, 0.5) is 4.79 Å². The summed E-state index contributed by atoms with van der Waals surface area (Å²) >= 11 is 0. The Hall–Kier alpha value is -0.810. The van der Waals surface area contributed by atoms with Crippen LogP contribution in [0, 0.1) is 0 Å². The van der Waals surface area contributed by atoms with Crippen molar-refractivity contribution < 1.29 is 9.53 Å². The van der Waals surface area contributed by atoms with Crippen molar-refractivity contribution in [3.63, 3.8) is 0 Å². The van der Waals surface area contributed by atoms with Crippen LogP contribution >= 0.6 is 0 Å². The molecule has 0 aromatic rings. The molecule has 1 saturated heterocycles. The van der Waals surface area contributed by atoms with E-state index in [1.165, 1.54) is 32.4 Å². The summed E-state index contributed by atoms with van der Waals surface area (Å²) in [6.45, 7) is 8.04. The summed E-state index contributed by atoms with van der Waals surface area (Å²) < 4.78 is 5.31. The van der Waals surface area contributed by atoms with Gasteiger partial charge in [-0.05, 0) is 59.3 Å². The maximum atomic E-state index is 11.8. The van der Waals surface area contributed by atoms with Crippen molar-refractivity contribution in [1.82, 2.24) is 15.8 Å². The van der Waals surface area contributed by atoms with Gasteiger partial charge in [0.1, 0.15) is 5.60 Å². The molecule has 2 fully saturated rings. The number of nitrogens with zero attached hydrogens (tertiary/aromatic N) is 1. The normalized spacial score (nSPS) is 28.1. The van der Waals surface area contributed by atoms with Crippen molar-refractivity contribution in [1.29, 1.82) is 0 Å². The highest BCUT2D eigenvalue weighted by Crippen LogP contribution is 2.20. The average molecular weight is 297 g/mol. The Labute approximate surface area is 128 Å². The van der Waals surface area contributed by atoms with Gasteiger partial charge in [0.15, 0.2) is 0 Å². The zero-order valence-electron chi connectivity index (χ0n) is 13.8. The molecule has 0 aromatic heterocycles. The van der Waals surface area contributed by atoms with Crippen LogP contribution in [0.15, 0.2) is 0 Å². The molecule has 1 heterocycles. The van der Waals surface area contributed by atoms with Crippen molar-refractivity contribution >= 4 is 6.09 Å². The molecule has 21 heavy (non-hydrogen) atoms. The summed E-state index contributed by atoms with van der Waals surface area (Å²) in [6, 6.07) is 0.832. The average Bonchev–Trinajstić information content (AvgIpc) is 2.40. The summed E-state index contributed by atoms with van der Waals surface area (Å²) in [4.78, 5) is 11.8. The van der Waals surface area contributed by atoms with Crippen LogP contribution in [0.2, 0.25) is 0 Å². The Morgan fingerprint density at radius 2 is 1.57 bits per heavy atom. The van der Waals surface area contributed by atoms with Crippen LogP contribution in [0.5, 0.6) is 0 Å². The molecule has 0 aromatic carbocycles. The number of nitrogens with one attached hydrogen (secondary N) is 2. The van der Waals surface area contributed by atoms with Gasteiger partial charge < -0.3 is 10.1 Å². The molecule has 1 amide bonds. The molecule has 5 heteroatoms. The molecule has 5 nitrogen and oxygen atoms in total. The summed E-state index contributed by atoms with van der Waals surface area (Å²) in [5.74, 6) is 0. The predicted molar refractivity (Wildman–Crippen MR) is 84.0 cm³/mol. The third-order valence-electron chi connectivity index (χ3n) is 4.17. The van der Waals surface area contributed by atoms with E-state index in [0.717, 1.165) is 25.7 Å². The maximum Gasteiger partial charge on any atom is 0.407 e. The molecule has 0 spiro atoms. The lowest BCUT2D eigenvalue weighted by atomic mass is 9.91. The van der Waals surface area contributed by atoms with Crippen LogP contribution in [0.25, 0.3) is 0 Å². The van der Waals surface area contributed by atoms with E-state index in [0.29, 0.717) is 6.04 Å². The van der Waals surface area contributed by atoms with Crippen molar-refractivity contribution in [3.8, 4) is 0 Å². The molecule has 1 saturated carbocycles. The second-order valence-electron chi connectivity index (χ2n) is 7.37. The molecule has 1 aliphatic heterocycles. The first-order chi connectivity index (χ1) is 9.92. The predicted octanol–water partition coefficient (Wildman–Crippen LogP) is 2.81. The van der Waals surface area contributed by atoms with Crippen LogP contribution in [0.1, 0.15) is 65.7 Å². The van der Waals surface area contributed by atoms with Crippen LogP contribution in [-0.4, -0.2) is 41.9 Å². The molecule has 2 rings (SSSR count). The van der Waals surface area contributed by atoms with Crippen LogP contribution in [0.3, 0.4) is 0 Å². The van der Waals surface area contributed by atoms with E-state index in [1.54, 1.807) is 0 Å². The third-order valence-corrected chi connectivity index (χ3v) is 4.17. The van der Waals surface area contributed by atoms with Crippen LogP contribution < -0.4 is 10.7 Å². The number of hydrogen-bond acceptors (Lipinski definition) is 4. The first-order valence-corrected chi connectivity index (χ1v) is 8.43. The molecule has 122 valence electrons. The smallest absolute Gasteiger partial charge is 0.407 e. The van der Waals surface area contributed by atoms with Gasteiger partial charge in [-0.2, -0.15) is 0 Å². The van der Waals surface area contributed by atoms with E-state index in [2.05, 4.69) is 15.8 Å². The molecular weight excluding hydrogens is 266 g/mol. The molecular formula is C16H31N3O2. The molecule has 1 aliphatic carbocycles. The second kappa shape index (κ2) is 7.45. The molecule has 0 bridgehead atoms. The number of rotatable bonds is 3. The standard InChI is InChI=1S/C16H31N3O2/c1-16(2,3)21-15(20)17-13-7-9-14(10-8-13)18-19-11-5-4-6-12-19/h13-14,18H,4-12H2,1-3H3,(H,17,20). The van der Waals surface area contributed by atoms with E-state index < -0.39 is 5.60 Å². The van der Waals surface area contributed by atoms with Gasteiger partial charge in [-0.25, -0.2) is 9.80 Å². The molecule has 2 N–H and O–H groups in total. The van der Waals surface area contributed by atoms with E-state index in [1.807, 2.05) is 20.8 Å². The highest BCUT2D eigenvalue weighted by Gasteiger charge is 2.25. The molecule has 0 atom stereocenters. The largest absolute Gasteiger partial charge is 0.444 e. The minimum atomic E-state index is -0.420. The Morgan fingerprint density at radius 1 is 1.00 bits per heavy atom. The number of carbonyl (C=O) groups excluding carboxylic acids is 1. The van der Waals surface area contributed by atoms with Crippen molar-refractivity contribution in [2.24, 2.45) is 0 Å². The summed E-state index contributed by atoms with van der Waals surface area (Å²) in [5, 5.41) is 5.38. The minimum Gasteiger partial charge on any atom is -0.444 e. The van der Waals surface area contributed by atoms with E-state index in [9.17, 15) is 4.79 Å². The summed E-state index contributed by atoms with van der Waals surface area (Å²) in [5.41, 5.74) is 3.24. The lowest BCUT2D eigenvalue weighted by Crippen LogP contribution is -2.50. The lowest BCUT2D eigenvalue weighted by Gasteiger charge is -2.35. The maximum absolute atomic E-state index is 11.8. The number of alkyl carbamates (subject to hydrolysis) is 1. The van der Waals surface area contributed by atoms with E-state index in [4.69, 9.17) is 4.74 Å². The van der Waals surface area contributed by atoms with Gasteiger partial charge in [-0.15, -0.1) is 0 Å². The van der Waals surface area contributed by atoms with E-state index >= 15 is 0 Å². The fourth-order valence-electron chi connectivity index (χ4n) is 3.12. The zero-order chi connectivity index (χ0) is 15.3. The number of carbonyl (C=O) groups is 1. The monoisotopic (exact) mass is 297 g/mol. The fourth-order valence-corrected chi connectivity index (χ4v) is 3.12. The highest BCUT2D eigenvalue weighted by atomic mass is 16.6. The number of piperidine rings is 1. The first kappa shape index (κ1) is 16.6. The topological polar surface area (TPSA) is 53.6 Å². The molecule has 0 unspecified atom stereocenters. The number of amides is 1. The Morgan fingerprint density at radius 3 is 2.14 bits per heavy atom. The summed E-state index contributed by atoms with van der Waals surface area (Å²) in [6.07, 6.45) is 8.01. The van der Waals surface area contributed by atoms with Gasteiger partial charge in [0.25, 0.3) is 0 Å². The van der Waals surface area contributed by atoms with Crippen LogP contribution in [-0.2, 0) is 4.74 Å². The van der Waals surface area contributed by atoms with Gasteiger partial charge in [-0.3, -0.25) is 5.43 Å². The Kier molecular flexibility index (Phi) is 5.88. The Bertz CT molecular complexity index is 327. The fraction of sp³-hybridized carbons (Fsp3) is 0.938. The minimum absolute atomic E-state index is 0.263. The lowest BCUT2D eigenvalue weighted by molar-refractivity contribution is 0.0478. The highest BCUT2D eigenvalue weighted by molar-refractivity contribution is 5.68. The van der Waals surface area contributed by atoms with Gasteiger partial charge in [0.05, 0.1) is 0 Å². The van der Waals surface area contributed by atoms with Crippen molar-refractivity contribution in [2.45, 2.75) is 83.4 Å². The van der Waals surface area contributed by atoms with Gasteiger partial charge in [0, 0.05) is 25.2 Å².